The smallest absolute Gasteiger partial charge is 0.273 e. The number of hydrogen-bond acceptors (Lipinski definition) is 6. The van der Waals surface area contributed by atoms with Gasteiger partial charge in [-0.1, -0.05) is 13.0 Å². The number of piperidine rings is 1. The molecule has 2 heterocycles. The van der Waals surface area contributed by atoms with Crippen LogP contribution < -0.4 is 5.32 Å². The maximum Gasteiger partial charge on any atom is 0.273 e. The zero-order valence-corrected chi connectivity index (χ0v) is 16.6. The molecule has 0 unspecified atom stereocenters. The molecule has 0 aliphatic carbocycles. The number of aromatic nitrogens is 1. The maximum absolute atomic E-state index is 12.6. The fourth-order valence-corrected chi connectivity index (χ4v) is 4.28. The van der Waals surface area contributed by atoms with Gasteiger partial charge < -0.3 is 0 Å². The van der Waals surface area contributed by atoms with Crippen LogP contribution in [0.15, 0.2) is 18.2 Å². The number of nitro benzene ring substituents is 1. The summed E-state index contributed by atoms with van der Waals surface area (Å²) in [4.78, 5) is 31.2. The van der Waals surface area contributed by atoms with Crippen LogP contribution in [0.3, 0.4) is 0 Å². The first-order valence-corrected chi connectivity index (χ1v) is 9.90. The second-order valence-electron chi connectivity index (χ2n) is 7.15. The van der Waals surface area contributed by atoms with Crippen molar-refractivity contribution < 1.29 is 9.72 Å². The minimum Gasteiger partial charge on any atom is -0.298 e. The Labute approximate surface area is 162 Å². The predicted molar refractivity (Wildman–Crippen MR) is 106 cm³/mol. The minimum atomic E-state index is -0.475. The highest BCUT2D eigenvalue weighted by molar-refractivity contribution is 7.15. The Morgan fingerprint density at radius 3 is 2.74 bits per heavy atom. The van der Waals surface area contributed by atoms with Crippen molar-refractivity contribution in [3.8, 4) is 0 Å². The first-order valence-electron chi connectivity index (χ1n) is 9.09. The highest BCUT2D eigenvalue weighted by atomic mass is 32.1. The molecule has 0 bridgehead atoms. The van der Waals surface area contributed by atoms with E-state index in [0.29, 0.717) is 16.3 Å². The third-order valence-corrected chi connectivity index (χ3v) is 6.16. The van der Waals surface area contributed by atoms with E-state index >= 15 is 0 Å². The molecule has 27 heavy (non-hydrogen) atoms. The van der Waals surface area contributed by atoms with Crippen molar-refractivity contribution in [2.75, 3.05) is 18.4 Å². The van der Waals surface area contributed by atoms with Gasteiger partial charge in [-0.15, -0.1) is 11.3 Å². The molecule has 1 fully saturated rings. The lowest BCUT2D eigenvalue weighted by atomic mass is 9.99. The Kier molecular flexibility index (Phi) is 5.86. The van der Waals surface area contributed by atoms with E-state index in [-0.39, 0.29) is 11.6 Å². The zero-order valence-electron chi connectivity index (χ0n) is 15.8. The summed E-state index contributed by atoms with van der Waals surface area (Å²) in [5.74, 6) is 0.417. The summed E-state index contributed by atoms with van der Waals surface area (Å²) in [6, 6.07) is 4.51. The quantitative estimate of drug-likeness (QED) is 0.614. The molecule has 7 nitrogen and oxygen atoms in total. The minimum absolute atomic E-state index is 0.0574. The van der Waals surface area contributed by atoms with Gasteiger partial charge in [0.2, 0.25) is 0 Å². The number of rotatable bonds is 5. The third kappa shape index (κ3) is 4.51. The lowest BCUT2D eigenvalue weighted by Crippen LogP contribution is -2.32. The number of hydrogen-bond donors (Lipinski definition) is 1. The Hall–Kier alpha value is -2.32. The fourth-order valence-electron chi connectivity index (χ4n) is 3.28. The Morgan fingerprint density at radius 1 is 1.37 bits per heavy atom. The van der Waals surface area contributed by atoms with Crippen LogP contribution in [0.4, 0.5) is 10.8 Å². The molecule has 1 aliphatic rings. The average Bonchev–Trinajstić information content (AvgIpc) is 2.95. The number of benzene rings is 1. The normalized spacial score (nSPS) is 15.7. The lowest BCUT2D eigenvalue weighted by molar-refractivity contribution is -0.385. The number of nitrogens with zero attached hydrogens (tertiary/aromatic N) is 3. The lowest BCUT2D eigenvalue weighted by Gasteiger charge is -2.29. The first kappa shape index (κ1) is 19.4. The van der Waals surface area contributed by atoms with E-state index in [2.05, 4.69) is 22.1 Å². The van der Waals surface area contributed by atoms with Gasteiger partial charge in [0.15, 0.2) is 5.13 Å². The number of nitro groups is 1. The summed E-state index contributed by atoms with van der Waals surface area (Å²) in [6.45, 7) is 8.86. The number of amides is 1. The maximum atomic E-state index is 12.6. The number of nitrogens with one attached hydrogen (secondary N) is 1. The molecule has 2 aromatic rings. The molecule has 1 saturated heterocycles. The molecule has 0 spiro atoms. The van der Waals surface area contributed by atoms with Gasteiger partial charge in [0.25, 0.3) is 11.6 Å². The SMILES string of the molecule is Cc1nc(NC(=O)c2cccc([N+](=O)[O-])c2C)sc1CN1CCC(C)CC1. The van der Waals surface area contributed by atoms with Gasteiger partial charge in [0, 0.05) is 28.6 Å². The highest BCUT2D eigenvalue weighted by Gasteiger charge is 2.21. The average molecular weight is 388 g/mol. The van der Waals surface area contributed by atoms with Crippen molar-refractivity contribution in [1.29, 1.82) is 0 Å². The topological polar surface area (TPSA) is 88.4 Å². The number of anilines is 1. The van der Waals surface area contributed by atoms with E-state index in [4.69, 9.17) is 0 Å². The molecule has 144 valence electrons. The molecule has 1 aromatic heterocycles. The third-order valence-electron chi connectivity index (χ3n) is 5.10. The van der Waals surface area contributed by atoms with E-state index in [0.717, 1.165) is 36.1 Å². The summed E-state index contributed by atoms with van der Waals surface area (Å²) >= 11 is 1.47. The van der Waals surface area contributed by atoms with Gasteiger partial charge in [-0.05, 0) is 51.8 Å². The van der Waals surface area contributed by atoms with Gasteiger partial charge in [-0.3, -0.25) is 25.1 Å². The molecular weight excluding hydrogens is 364 g/mol. The molecule has 1 N–H and O–H groups in total. The molecule has 0 saturated carbocycles. The van der Waals surface area contributed by atoms with Crippen LogP contribution in [0.5, 0.6) is 0 Å². The van der Waals surface area contributed by atoms with Crippen molar-refractivity contribution in [3.63, 3.8) is 0 Å². The second kappa shape index (κ2) is 8.14. The zero-order chi connectivity index (χ0) is 19.6. The van der Waals surface area contributed by atoms with Crippen LogP contribution in [0.1, 0.15) is 46.3 Å². The van der Waals surface area contributed by atoms with Crippen molar-refractivity contribution in [3.05, 3.63) is 50.0 Å². The summed E-state index contributed by atoms with van der Waals surface area (Å²) in [5, 5.41) is 14.4. The molecule has 1 aromatic carbocycles. The van der Waals surface area contributed by atoms with E-state index < -0.39 is 4.92 Å². The summed E-state index contributed by atoms with van der Waals surface area (Å²) < 4.78 is 0. The van der Waals surface area contributed by atoms with E-state index in [1.54, 1.807) is 13.0 Å². The Bertz CT molecular complexity index is 857. The first-order chi connectivity index (χ1) is 12.8. The number of carbonyl (C=O) groups excluding carboxylic acids is 1. The van der Waals surface area contributed by atoms with Crippen LogP contribution in [-0.2, 0) is 6.54 Å². The number of carbonyl (C=O) groups is 1. The van der Waals surface area contributed by atoms with Crippen LogP contribution in [0.2, 0.25) is 0 Å². The molecular formula is C19H24N4O3S. The van der Waals surface area contributed by atoms with Crippen molar-refractivity contribution in [2.45, 2.75) is 40.2 Å². The summed E-state index contributed by atoms with van der Waals surface area (Å²) in [5.41, 5.74) is 1.52. The summed E-state index contributed by atoms with van der Waals surface area (Å²) in [6.07, 6.45) is 2.43. The van der Waals surface area contributed by atoms with Gasteiger partial charge in [0.1, 0.15) is 0 Å². The molecule has 8 heteroatoms. The highest BCUT2D eigenvalue weighted by Crippen LogP contribution is 2.27. The number of thiazole rings is 1. The van der Waals surface area contributed by atoms with Crippen LogP contribution in [0, 0.1) is 29.9 Å². The Morgan fingerprint density at radius 2 is 2.07 bits per heavy atom. The summed E-state index contributed by atoms with van der Waals surface area (Å²) in [7, 11) is 0. The van der Waals surface area contributed by atoms with Gasteiger partial charge in [0.05, 0.1) is 10.6 Å². The van der Waals surface area contributed by atoms with Gasteiger partial charge in [-0.2, -0.15) is 0 Å². The van der Waals surface area contributed by atoms with Gasteiger partial charge in [-0.25, -0.2) is 4.98 Å². The van der Waals surface area contributed by atoms with Crippen LogP contribution in [-0.4, -0.2) is 33.8 Å². The standard InChI is InChI=1S/C19H24N4O3S/c1-12-7-9-22(10-8-12)11-17-14(3)20-19(27-17)21-18(24)15-5-4-6-16(13(15)2)23(25)26/h4-6,12H,7-11H2,1-3H3,(H,20,21,24). The molecule has 1 aliphatic heterocycles. The number of likely N-dealkylation sites (tertiary alicyclic amines) is 1. The largest absolute Gasteiger partial charge is 0.298 e. The molecule has 3 rings (SSSR count). The van der Waals surface area contributed by atoms with Crippen LogP contribution in [0.25, 0.3) is 0 Å². The van der Waals surface area contributed by atoms with E-state index in [1.165, 1.54) is 36.3 Å². The van der Waals surface area contributed by atoms with E-state index in [1.807, 2.05) is 6.92 Å². The molecule has 1 amide bonds. The molecule has 0 atom stereocenters. The predicted octanol–water partition coefficient (Wildman–Crippen LogP) is 4.15. The second-order valence-corrected chi connectivity index (χ2v) is 8.23. The monoisotopic (exact) mass is 388 g/mol. The van der Waals surface area contributed by atoms with Crippen molar-refractivity contribution in [1.82, 2.24) is 9.88 Å². The number of aryl methyl sites for hydroxylation is 1. The fraction of sp³-hybridized carbons (Fsp3) is 0.474. The van der Waals surface area contributed by atoms with Crippen molar-refractivity contribution in [2.24, 2.45) is 5.92 Å². The van der Waals surface area contributed by atoms with Crippen LogP contribution >= 0.6 is 11.3 Å². The van der Waals surface area contributed by atoms with Gasteiger partial charge >= 0.3 is 0 Å². The Balaban J connectivity index is 1.70. The van der Waals surface area contributed by atoms with E-state index in [9.17, 15) is 14.9 Å². The van der Waals surface area contributed by atoms with Crippen molar-refractivity contribution >= 4 is 28.1 Å². The molecule has 0 radical (unpaired) electrons.